The second kappa shape index (κ2) is 8.77. The van der Waals surface area contributed by atoms with Gasteiger partial charge in [0.25, 0.3) is 0 Å². The molecule has 0 saturated heterocycles. The molecule has 0 fully saturated rings. The van der Waals surface area contributed by atoms with Gasteiger partial charge in [-0.15, -0.1) is 13.2 Å². The van der Waals surface area contributed by atoms with Crippen molar-refractivity contribution in [1.29, 1.82) is 0 Å². The summed E-state index contributed by atoms with van der Waals surface area (Å²) in [5, 5.41) is 3.28. The second-order valence-electron chi connectivity index (χ2n) is 4.75. The summed E-state index contributed by atoms with van der Waals surface area (Å²) in [6.45, 7) is 5.79. The number of benzene rings is 1. The maximum Gasteiger partial charge on any atom is 0.573 e. The molecule has 3 nitrogen and oxygen atoms in total. The van der Waals surface area contributed by atoms with Crippen molar-refractivity contribution >= 4 is 0 Å². The van der Waals surface area contributed by atoms with E-state index in [1.165, 1.54) is 24.3 Å². The molecule has 120 valence electrons. The maximum atomic E-state index is 12.1. The Labute approximate surface area is 123 Å². The van der Waals surface area contributed by atoms with E-state index in [1.807, 2.05) is 0 Å². The molecule has 0 spiro atoms. The fourth-order valence-corrected chi connectivity index (χ4v) is 1.88. The fourth-order valence-electron chi connectivity index (χ4n) is 1.88. The van der Waals surface area contributed by atoms with Crippen LogP contribution in [-0.2, 0) is 0 Å². The average molecular weight is 305 g/mol. The lowest BCUT2D eigenvalue weighted by atomic mass is 10.2. The Kier molecular flexibility index (Phi) is 7.36. The molecule has 0 amide bonds. The van der Waals surface area contributed by atoms with Crippen molar-refractivity contribution in [2.24, 2.45) is 0 Å². The number of hydrogen-bond acceptors (Lipinski definition) is 3. The molecule has 0 aliphatic rings. The Bertz CT molecular complexity index is 393. The molecule has 0 aromatic heterocycles. The second-order valence-corrected chi connectivity index (χ2v) is 4.75. The summed E-state index contributed by atoms with van der Waals surface area (Å²) >= 11 is 0. The van der Waals surface area contributed by atoms with E-state index in [2.05, 4.69) is 23.9 Å². The van der Waals surface area contributed by atoms with Crippen molar-refractivity contribution < 1.29 is 22.6 Å². The highest BCUT2D eigenvalue weighted by molar-refractivity contribution is 5.31. The molecule has 1 rings (SSSR count). The van der Waals surface area contributed by atoms with Crippen molar-refractivity contribution in [3.8, 4) is 11.5 Å². The zero-order valence-electron chi connectivity index (χ0n) is 12.4. The number of rotatable bonds is 9. The van der Waals surface area contributed by atoms with Crippen LogP contribution >= 0.6 is 0 Å². The van der Waals surface area contributed by atoms with Gasteiger partial charge in [-0.3, -0.25) is 0 Å². The molecule has 0 saturated carbocycles. The summed E-state index contributed by atoms with van der Waals surface area (Å²) in [7, 11) is 0. The molecule has 0 heterocycles. The molecule has 1 unspecified atom stereocenters. The first kappa shape index (κ1) is 17.6. The number of nitrogens with one attached hydrogen (secondary N) is 1. The topological polar surface area (TPSA) is 30.5 Å². The third-order valence-electron chi connectivity index (χ3n) is 2.77. The van der Waals surface area contributed by atoms with Crippen LogP contribution in [-0.4, -0.2) is 25.6 Å². The third kappa shape index (κ3) is 7.80. The largest absolute Gasteiger partial charge is 0.573 e. The van der Waals surface area contributed by atoms with Gasteiger partial charge in [0.05, 0.1) is 0 Å². The SMILES string of the molecule is CCCNCC(CCC)Oc1ccc(OC(F)(F)F)cc1. The van der Waals surface area contributed by atoms with E-state index in [0.29, 0.717) is 5.75 Å². The smallest absolute Gasteiger partial charge is 0.489 e. The molecular weight excluding hydrogens is 283 g/mol. The van der Waals surface area contributed by atoms with Gasteiger partial charge in [-0.25, -0.2) is 0 Å². The highest BCUT2D eigenvalue weighted by Crippen LogP contribution is 2.25. The lowest BCUT2D eigenvalue weighted by Gasteiger charge is -2.19. The zero-order valence-corrected chi connectivity index (χ0v) is 12.4. The lowest BCUT2D eigenvalue weighted by Crippen LogP contribution is -2.31. The lowest BCUT2D eigenvalue weighted by molar-refractivity contribution is -0.274. The van der Waals surface area contributed by atoms with E-state index in [9.17, 15) is 13.2 Å². The monoisotopic (exact) mass is 305 g/mol. The first-order chi connectivity index (χ1) is 9.94. The Hall–Kier alpha value is -1.43. The molecule has 1 aromatic carbocycles. The van der Waals surface area contributed by atoms with Crippen LogP contribution in [0.3, 0.4) is 0 Å². The average Bonchev–Trinajstić information content (AvgIpc) is 2.40. The Morgan fingerprint density at radius 3 is 2.19 bits per heavy atom. The van der Waals surface area contributed by atoms with Crippen molar-refractivity contribution in [3.63, 3.8) is 0 Å². The summed E-state index contributed by atoms with van der Waals surface area (Å²) in [6.07, 6.45) is -1.75. The molecule has 0 radical (unpaired) electrons. The van der Waals surface area contributed by atoms with Gasteiger partial charge >= 0.3 is 6.36 Å². The first-order valence-corrected chi connectivity index (χ1v) is 7.17. The molecule has 0 aliphatic heterocycles. The Morgan fingerprint density at radius 2 is 1.67 bits per heavy atom. The minimum absolute atomic E-state index is 0.0101. The van der Waals surface area contributed by atoms with Crippen LogP contribution in [0, 0.1) is 0 Å². The quantitative estimate of drug-likeness (QED) is 0.696. The predicted molar refractivity (Wildman–Crippen MR) is 75.6 cm³/mol. The molecule has 1 atom stereocenters. The van der Waals surface area contributed by atoms with E-state index >= 15 is 0 Å². The van der Waals surface area contributed by atoms with Crippen LogP contribution < -0.4 is 14.8 Å². The van der Waals surface area contributed by atoms with Gasteiger partial charge < -0.3 is 14.8 Å². The molecule has 1 N–H and O–H groups in total. The highest BCUT2D eigenvalue weighted by atomic mass is 19.4. The predicted octanol–water partition coefficient (Wildman–Crippen LogP) is 4.13. The van der Waals surface area contributed by atoms with E-state index < -0.39 is 6.36 Å². The molecule has 6 heteroatoms. The van der Waals surface area contributed by atoms with Crippen molar-refractivity contribution in [3.05, 3.63) is 24.3 Å². The van der Waals surface area contributed by atoms with Gasteiger partial charge in [-0.1, -0.05) is 20.3 Å². The summed E-state index contributed by atoms with van der Waals surface area (Å²) < 4.78 is 45.8. The van der Waals surface area contributed by atoms with Crippen LogP contribution in [0.4, 0.5) is 13.2 Å². The van der Waals surface area contributed by atoms with Crippen molar-refractivity contribution in [1.82, 2.24) is 5.32 Å². The minimum atomic E-state index is -4.67. The highest BCUT2D eigenvalue weighted by Gasteiger charge is 2.31. The van der Waals surface area contributed by atoms with Crippen LogP contribution in [0.1, 0.15) is 33.1 Å². The molecule has 1 aromatic rings. The van der Waals surface area contributed by atoms with Crippen LogP contribution in [0.25, 0.3) is 0 Å². The number of hydrogen-bond donors (Lipinski definition) is 1. The van der Waals surface area contributed by atoms with Crippen molar-refractivity contribution in [2.45, 2.75) is 45.6 Å². The van der Waals surface area contributed by atoms with Crippen LogP contribution in [0.5, 0.6) is 11.5 Å². The van der Waals surface area contributed by atoms with Gasteiger partial charge in [0.1, 0.15) is 17.6 Å². The zero-order chi connectivity index (χ0) is 15.7. The van der Waals surface area contributed by atoms with Gasteiger partial charge in [-0.2, -0.15) is 0 Å². The standard InChI is InChI=1S/C15H22F3NO2/c1-3-5-14(11-19-10-4-2)20-12-6-8-13(9-7-12)21-15(16,17)18/h6-9,14,19H,3-5,10-11H2,1-2H3. The normalized spacial score (nSPS) is 13.0. The number of alkyl halides is 3. The summed E-state index contributed by atoms with van der Waals surface area (Å²) in [6, 6.07) is 5.49. The molecular formula is C15H22F3NO2. The van der Waals surface area contributed by atoms with Crippen LogP contribution in [0.15, 0.2) is 24.3 Å². The minimum Gasteiger partial charge on any atom is -0.489 e. The molecule has 21 heavy (non-hydrogen) atoms. The molecule has 0 bridgehead atoms. The van der Waals surface area contributed by atoms with E-state index in [-0.39, 0.29) is 11.9 Å². The third-order valence-corrected chi connectivity index (χ3v) is 2.77. The number of halogens is 3. The van der Waals surface area contributed by atoms with Gasteiger partial charge in [-0.05, 0) is 43.7 Å². The number of ether oxygens (including phenoxy) is 2. The van der Waals surface area contributed by atoms with Crippen molar-refractivity contribution in [2.75, 3.05) is 13.1 Å². The summed E-state index contributed by atoms with van der Waals surface area (Å²) in [4.78, 5) is 0. The van der Waals surface area contributed by atoms with E-state index in [1.54, 1.807) is 0 Å². The maximum absolute atomic E-state index is 12.1. The summed E-state index contributed by atoms with van der Waals surface area (Å²) in [5.74, 6) is 0.298. The first-order valence-electron chi connectivity index (χ1n) is 7.17. The Balaban J connectivity index is 2.54. The van der Waals surface area contributed by atoms with Gasteiger partial charge in [0.15, 0.2) is 0 Å². The van der Waals surface area contributed by atoms with Gasteiger partial charge in [0, 0.05) is 6.54 Å². The van der Waals surface area contributed by atoms with E-state index in [0.717, 1.165) is 32.4 Å². The Morgan fingerprint density at radius 1 is 1.05 bits per heavy atom. The summed E-state index contributed by atoms with van der Waals surface area (Å²) in [5.41, 5.74) is 0. The molecule has 0 aliphatic carbocycles. The van der Waals surface area contributed by atoms with Crippen LogP contribution in [0.2, 0.25) is 0 Å². The van der Waals surface area contributed by atoms with E-state index in [4.69, 9.17) is 4.74 Å². The fraction of sp³-hybridized carbons (Fsp3) is 0.600. The van der Waals surface area contributed by atoms with Gasteiger partial charge in [0.2, 0.25) is 0 Å².